The highest BCUT2D eigenvalue weighted by molar-refractivity contribution is 6.15. The maximum Gasteiger partial charge on any atom is 0.256 e. The van der Waals surface area contributed by atoms with Gasteiger partial charge in [-0.2, -0.15) is 0 Å². The van der Waals surface area contributed by atoms with E-state index in [-0.39, 0.29) is 11.8 Å². The molecule has 10 nitrogen and oxygen atoms in total. The first kappa shape index (κ1) is 33.6. The summed E-state index contributed by atoms with van der Waals surface area (Å²) in [5.74, 6) is 1.73. The fraction of sp³-hybridized carbons (Fsp3) is 0.0952. The molecule has 0 spiro atoms. The minimum Gasteiger partial charge on any atom is -0.497 e. The van der Waals surface area contributed by atoms with E-state index in [0.29, 0.717) is 89.8 Å². The van der Waals surface area contributed by atoms with Crippen molar-refractivity contribution in [3.05, 3.63) is 132 Å². The summed E-state index contributed by atoms with van der Waals surface area (Å²) >= 11 is 0. The van der Waals surface area contributed by atoms with Crippen molar-refractivity contribution in [3.63, 3.8) is 0 Å². The summed E-state index contributed by atoms with van der Waals surface area (Å²) in [7, 11) is 6.33. The number of para-hydroxylation sites is 2. The molecule has 5 aromatic carbocycles. The van der Waals surface area contributed by atoms with Crippen LogP contribution in [-0.2, 0) is 0 Å². The molecule has 2 amide bonds. The Hall–Kier alpha value is -6.94. The monoisotopic (exact) mass is 690 g/mol. The molecular weight excluding hydrogens is 656 g/mol. The van der Waals surface area contributed by atoms with Gasteiger partial charge in [0.2, 0.25) is 0 Å². The Labute approximate surface area is 300 Å². The van der Waals surface area contributed by atoms with Crippen LogP contribution in [0.1, 0.15) is 20.7 Å². The van der Waals surface area contributed by atoms with Crippen molar-refractivity contribution in [1.82, 2.24) is 9.97 Å². The van der Waals surface area contributed by atoms with Crippen molar-refractivity contribution in [2.75, 3.05) is 39.1 Å². The second kappa shape index (κ2) is 14.5. The van der Waals surface area contributed by atoms with Gasteiger partial charge in [-0.15, -0.1) is 0 Å². The van der Waals surface area contributed by atoms with Crippen LogP contribution < -0.4 is 29.6 Å². The van der Waals surface area contributed by atoms with Gasteiger partial charge in [0.1, 0.15) is 23.0 Å². The standard InChI is InChI=1S/C42H34N4O6/c1-49-27-16-18-31(39(21-27)51-3)37-23-33(29-12-5-7-14-35(29)45-37)41(47)43-25-10-9-11-26(20-25)44-42(48)34-24-38(46-36-15-8-6-13-30(34)36)32-19-17-28(50-2)22-40(32)52-4/h5-24H,1-4H3,(H,43,47)(H,44,48). The number of nitrogens with zero attached hydrogens (tertiary/aromatic N) is 2. The lowest BCUT2D eigenvalue weighted by Crippen LogP contribution is -2.15. The molecule has 0 aliphatic heterocycles. The molecule has 0 saturated carbocycles. The van der Waals surface area contributed by atoms with Gasteiger partial charge in [0.05, 0.1) is 62.0 Å². The number of methoxy groups -OCH3 is 4. The number of pyridine rings is 2. The van der Waals surface area contributed by atoms with Crippen LogP contribution in [0.3, 0.4) is 0 Å². The topological polar surface area (TPSA) is 121 Å². The van der Waals surface area contributed by atoms with Crippen molar-refractivity contribution in [2.24, 2.45) is 0 Å². The Kier molecular flexibility index (Phi) is 9.36. The molecule has 2 heterocycles. The lowest BCUT2D eigenvalue weighted by molar-refractivity contribution is 0.102. The number of ether oxygens (including phenoxy) is 4. The zero-order valence-electron chi connectivity index (χ0n) is 28.9. The number of hydrogen-bond acceptors (Lipinski definition) is 8. The number of nitrogens with one attached hydrogen (secondary N) is 2. The predicted octanol–water partition coefficient (Wildman–Crippen LogP) is 8.66. The fourth-order valence-electron chi connectivity index (χ4n) is 6.09. The number of aromatic nitrogens is 2. The Morgan fingerprint density at radius 2 is 0.923 bits per heavy atom. The average Bonchev–Trinajstić information content (AvgIpc) is 3.19. The molecule has 10 heteroatoms. The Bertz CT molecular complexity index is 2310. The zero-order chi connectivity index (χ0) is 36.2. The minimum absolute atomic E-state index is 0.339. The van der Waals surface area contributed by atoms with Crippen LogP contribution in [0.15, 0.2) is 121 Å². The van der Waals surface area contributed by atoms with E-state index < -0.39 is 0 Å². The number of carbonyl (C=O) groups is 2. The molecule has 0 unspecified atom stereocenters. The number of benzene rings is 5. The highest BCUT2D eigenvalue weighted by atomic mass is 16.5. The Balaban J connectivity index is 1.19. The highest BCUT2D eigenvalue weighted by Crippen LogP contribution is 2.36. The van der Waals surface area contributed by atoms with Crippen molar-refractivity contribution in [1.29, 1.82) is 0 Å². The van der Waals surface area contributed by atoms with Crippen molar-refractivity contribution in [3.8, 4) is 45.5 Å². The minimum atomic E-state index is -0.339. The van der Waals surface area contributed by atoms with Crippen LogP contribution in [-0.4, -0.2) is 50.2 Å². The lowest BCUT2D eigenvalue weighted by Gasteiger charge is -2.14. The van der Waals surface area contributed by atoms with E-state index >= 15 is 0 Å². The second-order valence-electron chi connectivity index (χ2n) is 11.8. The first-order valence-corrected chi connectivity index (χ1v) is 16.4. The molecule has 0 radical (unpaired) electrons. The third-order valence-corrected chi connectivity index (χ3v) is 8.67. The van der Waals surface area contributed by atoms with E-state index in [1.807, 2.05) is 72.8 Å². The summed E-state index contributed by atoms with van der Waals surface area (Å²) in [4.78, 5) is 37.5. The smallest absolute Gasteiger partial charge is 0.256 e. The number of fused-ring (bicyclic) bond motifs is 2. The van der Waals surface area contributed by atoms with Gasteiger partial charge in [-0.1, -0.05) is 42.5 Å². The summed E-state index contributed by atoms with van der Waals surface area (Å²) in [6.07, 6.45) is 0. The summed E-state index contributed by atoms with van der Waals surface area (Å²) in [6.45, 7) is 0. The van der Waals surface area contributed by atoms with Gasteiger partial charge in [0, 0.05) is 45.4 Å². The molecule has 0 aliphatic rings. The van der Waals surface area contributed by atoms with Crippen molar-refractivity contribution in [2.45, 2.75) is 0 Å². The molecule has 52 heavy (non-hydrogen) atoms. The van der Waals surface area contributed by atoms with Crippen LogP contribution in [0.5, 0.6) is 23.0 Å². The number of rotatable bonds is 10. The van der Waals surface area contributed by atoms with Gasteiger partial charge < -0.3 is 29.6 Å². The summed E-state index contributed by atoms with van der Waals surface area (Å²) in [5, 5.41) is 7.40. The van der Waals surface area contributed by atoms with Crippen molar-refractivity contribution >= 4 is 45.0 Å². The lowest BCUT2D eigenvalue weighted by atomic mass is 10.0. The number of amides is 2. The Morgan fingerprint density at radius 1 is 0.481 bits per heavy atom. The van der Waals surface area contributed by atoms with Crippen LogP contribution in [0.25, 0.3) is 44.3 Å². The summed E-state index contributed by atoms with van der Waals surface area (Å²) in [5.41, 5.74) is 5.72. The van der Waals surface area contributed by atoms with E-state index in [4.69, 9.17) is 28.9 Å². The molecule has 0 saturated heterocycles. The molecule has 258 valence electrons. The van der Waals surface area contributed by atoms with Gasteiger partial charge in [-0.05, 0) is 66.7 Å². The number of carbonyl (C=O) groups excluding carboxylic acids is 2. The van der Waals surface area contributed by atoms with Gasteiger partial charge in [-0.25, -0.2) is 9.97 Å². The molecule has 0 bridgehead atoms. The third kappa shape index (κ3) is 6.65. The SMILES string of the molecule is COc1ccc(-c2cc(C(=O)Nc3cccc(NC(=O)c4cc(-c5ccc(OC)cc5OC)nc5ccccc45)c3)c3ccccc3n2)c(OC)c1. The third-order valence-electron chi connectivity index (χ3n) is 8.67. The van der Waals surface area contributed by atoms with Gasteiger partial charge >= 0.3 is 0 Å². The molecule has 0 atom stereocenters. The van der Waals surface area contributed by atoms with Gasteiger partial charge in [0.25, 0.3) is 11.8 Å². The molecular formula is C42H34N4O6. The average molecular weight is 691 g/mol. The quantitative estimate of drug-likeness (QED) is 0.146. The first-order valence-electron chi connectivity index (χ1n) is 16.4. The number of hydrogen-bond donors (Lipinski definition) is 2. The summed E-state index contributed by atoms with van der Waals surface area (Å²) in [6, 6.07) is 36.3. The van der Waals surface area contributed by atoms with E-state index in [1.54, 1.807) is 77.0 Å². The normalized spacial score (nSPS) is 10.8. The highest BCUT2D eigenvalue weighted by Gasteiger charge is 2.19. The molecule has 2 aromatic heterocycles. The van der Waals surface area contributed by atoms with E-state index in [9.17, 15) is 9.59 Å². The first-order chi connectivity index (χ1) is 25.4. The maximum absolute atomic E-state index is 13.9. The number of anilines is 2. The van der Waals surface area contributed by atoms with Crippen molar-refractivity contribution < 1.29 is 28.5 Å². The predicted molar refractivity (Wildman–Crippen MR) is 203 cm³/mol. The van der Waals surface area contributed by atoms with E-state index in [1.165, 1.54) is 0 Å². The van der Waals surface area contributed by atoms with Gasteiger partial charge in [-0.3, -0.25) is 9.59 Å². The molecule has 2 N–H and O–H groups in total. The second-order valence-corrected chi connectivity index (χ2v) is 11.8. The molecule has 7 aromatic rings. The maximum atomic E-state index is 13.9. The van der Waals surface area contributed by atoms with Gasteiger partial charge in [0.15, 0.2) is 0 Å². The van der Waals surface area contributed by atoms with E-state index in [0.717, 1.165) is 0 Å². The van der Waals surface area contributed by atoms with E-state index in [2.05, 4.69) is 10.6 Å². The largest absolute Gasteiger partial charge is 0.497 e. The molecule has 0 fully saturated rings. The summed E-state index contributed by atoms with van der Waals surface area (Å²) < 4.78 is 22.0. The zero-order valence-corrected chi connectivity index (χ0v) is 28.9. The Morgan fingerprint density at radius 3 is 1.35 bits per heavy atom. The van der Waals surface area contributed by atoms with Crippen LogP contribution in [0, 0.1) is 0 Å². The molecule has 0 aliphatic carbocycles. The van der Waals surface area contributed by atoms with Crippen LogP contribution in [0.4, 0.5) is 11.4 Å². The fourth-order valence-corrected chi connectivity index (χ4v) is 6.09. The van der Waals surface area contributed by atoms with Crippen LogP contribution in [0.2, 0.25) is 0 Å². The molecule has 7 rings (SSSR count). The van der Waals surface area contributed by atoms with Crippen LogP contribution >= 0.6 is 0 Å².